The molecule has 4 rings (SSSR count). The largest absolute Gasteiger partial charge is 0.343 e. The number of nitrogens with zero attached hydrogens (tertiary/aromatic N) is 4. The highest BCUT2D eigenvalue weighted by molar-refractivity contribution is 7.15. The molecule has 0 unspecified atom stereocenters. The molecule has 1 aromatic heterocycles. The fourth-order valence-corrected chi connectivity index (χ4v) is 5.23. The van der Waals surface area contributed by atoms with E-state index in [-0.39, 0.29) is 24.5 Å². The van der Waals surface area contributed by atoms with Crippen LogP contribution in [0.3, 0.4) is 0 Å². The van der Waals surface area contributed by atoms with Crippen LogP contribution in [0.25, 0.3) is 0 Å². The number of hydrogen-bond acceptors (Lipinski definition) is 6. The monoisotopic (exact) mass is 412 g/mol. The van der Waals surface area contributed by atoms with Gasteiger partial charge in [0.25, 0.3) is 0 Å². The number of ketones is 1. The zero-order valence-corrected chi connectivity index (χ0v) is 17.6. The third-order valence-electron chi connectivity index (χ3n) is 5.95. The van der Waals surface area contributed by atoms with E-state index in [9.17, 15) is 9.59 Å². The molecule has 1 amide bonds. The number of piperazine rings is 1. The van der Waals surface area contributed by atoms with Crippen molar-refractivity contribution in [2.45, 2.75) is 50.9 Å². The summed E-state index contributed by atoms with van der Waals surface area (Å²) in [5, 5.41) is 11.0. The van der Waals surface area contributed by atoms with Gasteiger partial charge >= 0.3 is 0 Å². The van der Waals surface area contributed by atoms with Crippen LogP contribution in [0.1, 0.15) is 66.2 Å². The van der Waals surface area contributed by atoms with Gasteiger partial charge in [0.05, 0.1) is 0 Å². The molecule has 154 valence electrons. The number of benzene rings is 1. The van der Waals surface area contributed by atoms with Gasteiger partial charge in [0.15, 0.2) is 5.78 Å². The van der Waals surface area contributed by atoms with E-state index in [0.29, 0.717) is 24.6 Å². The van der Waals surface area contributed by atoms with Crippen LogP contribution >= 0.6 is 11.3 Å². The van der Waals surface area contributed by atoms with Crippen LogP contribution < -0.4 is 4.90 Å². The summed E-state index contributed by atoms with van der Waals surface area (Å²) in [6.45, 7) is 2.91. The van der Waals surface area contributed by atoms with Gasteiger partial charge in [0, 0.05) is 50.5 Å². The number of rotatable bonds is 6. The van der Waals surface area contributed by atoms with Gasteiger partial charge in [-0.25, -0.2) is 0 Å². The lowest BCUT2D eigenvalue weighted by Gasteiger charge is -2.34. The number of Topliss-reactive ketones (excluding diaryl/α,β-unsaturated/α-hetero) is 1. The molecule has 1 saturated carbocycles. The molecule has 0 bridgehead atoms. The van der Waals surface area contributed by atoms with Crippen LogP contribution in [-0.2, 0) is 4.79 Å². The zero-order chi connectivity index (χ0) is 20.1. The van der Waals surface area contributed by atoms with E-state index in [0.717, 1.165) is 18.2 Å². The van der Waals surface area contributed by atoms with Gasteiger partial charge in [-0.3, -0.25) is 9.59 Å². The molecule has 1 aliphatic carbocycles. The molecule has 0 N–H and O–H groups in total. The molecular formula is C22H28N4O2S. The minimum Gasteiger partial charge on any atom is -0.343 e. The molecule has 1 aromatic carbocycles. The predicted molar refractivity (Wildman–Crippen MR) is 115 cm³/mol. The Morgan fingerprint density at radius 1 is 0.931 bits per heavy atom. The molecule has 2 aliphatic rings. The third-order valence-corrected chi connectivity index (χ3v) is 7.10. The Hall–Kier alpha value is -2.28. The van der Waals surface area contributed by atoms with Crippen LogP contribution in [-0.4, -0.2) is 53.0 Å². The Labute approximate surface area is 175 Å². The van der Waals surface area contributed by atoms with Gasteiger partial charge in [0.2, 0.25) is 11.0 Å². The lowest BCUT2D eigenvalue weighted by atomic mass is 9.90. The molecule has 1 aliphatic heterocycles. The minimum atomic E-state index is 0.0293. The van der Waals surface area contributed by atoms with E-state index < -0.39 is 0 Å². The summed E-state index contributed by atoms with van der Waals surface area (Å²) in [5.41, 5.74) is 0.676. The molecule has 2 fully saturated rings. The molecule has 29 heavy (non-hydrogen) atoms. The van der Waals surface area contributed by atoms with E-state index in [1.807, 2.05) is 23.1 Å². The average molecular weight is 413 g/mol. The van der Waals surface area contributed by atoms with Crippen molar-refractivity contribution in [1.29, 1.82) is 0 Å². The van der Waals surface area contributed by atoms with E-state index in [2.05, 4.69) is 15.1 Å². The lowest BCUT2D eigenvalue weighted by molar-refractivity contribution is -0.131. The summed E-state index contributed by atoms with van der Waals surface area (Å²) >= 11 is 1.72. The first kappa shape index (κ1) is 20.0. The molecule has 7 heteroatoms. The topological polar surface area (TPSA) is 66.4 Å². The highest BCUT2D eigenvalue weighted by Crippen LogP contribution is 2.36. The number of carbonyl (C=O) groups is 2. The molecule has 0 spiro atoms. The Morgan fingerprint density at radius 3 is 2.38 bits per heavy atom. The van der Waals surface area contributed by atoms with E-state index in [4.69, 9.17) is 0 Å². The molecule has 2 aromatic rings. The number of aromatic nitrogens is 2. The van der Waals surface area contributed by atoms with Crippen molar-refractivity contribution in [2.24, 2.45) is 0 Å². The highest BCUT2D eigenvalue weighted by Gasteiger charge is 2.25. The zero-order valence-electron chi connectivity index (χ0n) is 16.8. The van der Waals surface area contributed by atoms with Gasteiger partial charge in [0.1, 0.15) is 5.01 Å². The Morgan fingerprint density at radius 2 is 1.66 bits per heavy atom. The van der Waals surface area contributed by atoms with Crippen LogP contribution in [0.2, 0.25) is 0 Å². The van der Waals surface area contributed by atoms with E-state index in [1.54, 1.807) is 23.5 Å². The van der Waals surface area contributed by atoms with Gasteiger partial charge < -0.3 is 9.80 Å². The number of carbonyl (C=O) groups excluding carboxylic acids is 2. The van der Waals surface area contributed by atoms with Crippen LogP contribution in [0.4, 0.5) is 5.13 Å². The maximum atomic E-state index is 12.5. The van der Waals surface area contributed by atoms with Crippen molar-refractivity contribution >= 4 is 28.2 Å². The summed E-state index contributed by atoms with van der Waals surface area (Å²) in [6, 6.07) is 9.19. The molecule has 1 saturated heterocycles. The first-order chi connectivity index (χ1) is 14.2. The van der Waals surface area contributed by atoms with E-state index in [1.165, 1.54) is 37.1 Å². The summed E-state index contributed by atoms with van der Waals surface area (Å²) in [5.74, 6) is 0.677. The first-order valence-corrected chi connectivity index (χ1v) is 11.5. The summed E-state index contributed by atoms with van der Waals surface area (Å²) in [7, 11) is 0. The molecule has 2 heterocycles. The first-order valence-electron chi connectivity index (χ1n) is 10.6. The molecule has 0 radical (unpaired) electrons. The second-order valence-corrected chi connectivity index (χ2v) is 8.90. The second kappa shape index (κ2) is 9.48. The maximum Gasteiger partial charge on any atom is 0.223 e. The van der Waals surface area contributed by atoms with Crippen LogP contribution in [0.15, 0.2) is 30.3 Å². The number of amides is 1. The van der Waals surface area contributed by atoms with Crippen molar-refractivity contribution in [3.8, 4) is 0 Å². The van der Waals surface area contributed by atoms with Crippen molar-refractivity contribution in [3.63, 3.8) is 0 Å². The van der Waals surface area contributed by atoms with Gasteiger partial charge in [-0.2, -0.15) is 0 Å². The quantitative estimate of drug-likeness (QED) is 0.673. The van der Waals surface area contributed by atoms with Crippen molar-refractivity contribution < 1.29 is 9.59 Å². The fraction of sp³-hybridized carbons (Fsp3) is 0.545. The van der Waals surface area contributed by atoms with Crippen molar-refractivity contribution in [3.05, 3.63) is 40.9 Å². The number of hydrogen-bond donors (Lipinski definition) is 0. The SMILES string of the molecule is O=C(CCC(=O)N1CCN(c2nnc(C3CCCCC3)s2)CC1)c1ccccc1. The van der Waals surface area contributed by atoms with Crippen molar-refractivity contribution in [1.82, 2.24) is 15.1 Å². The third kappa shape index (κ3) is 5.01. The standard InChI is InChI=1S/C22H28N4O2S/c27-19(17-7-3-1-4-8-17)11-12-20(28)25-13-15-26(16-14-25)22-24-23-21(29-22)18-9-5-2-6-10-18/h1,3-4,7-8,18H,2,5-6,9-16H2. The van der Waals surface area contributed by atoms with Crippen LogP contribution in [0, 0.1) is 0 Å². The highest BCUT2D eigenvalue weighted by atomic mass is 32.1. The van der Waals surface area contributed by atoms with Gasteiger partial charge in [-0.05, 0) is 12.8 Å². The lowest BCUT2D eigenvalue weighted by Crippen LogP contribution is -2.48. The molecular weight excluding hydrogens is 384 g/mol. The van der Waals surface area contributed by atoms with E-state index >= 15 is 0 Å². The predicted octanol–water partition coefficient (Wildman–Crippen LogP) is 3.90. The van der Waals surface area contributed by atoms with Gasteiger partial charge in [-0.15, -0.1) is 10.2 Å². The summed E-state index contributed by atoms with van der Waals surface area (Å²) in [6.07, 6.45) is 6.95. The maximum absolute atomic E-state index is 12.5. The van der Waals surface area contributed by atoms with Crippen LogP contribution in [0.5, 0.6) is 0 Å². The van der Waals surface area contributed by atoms with Gasteiger partial charge in [-0.1, -0.05) is 60.9 Å². The van der Waals surface area contributed by atoms with Crippen molar-refractivity contribution in [2.75, 3.05) is 31.1 Å². The smallest absolute Gasteiger partial charge is 0.223 e. The molecule has 6 nitrogen and oxygen atoms in total. The average Bonchev–Trinajstić information content (AvgIpc) is 3.29. The Balaban J connectivity index is 1.24. The minimum absolute atomic E-state index is 0.0293. The summed E-state index contributed by atoms with van der Waals surface area (Å²) < 4.78 is 0. The Kier molecular flexibility index (Phi) is 6.54. The Bertz CT molecular complexity index is 824. The fourth-order valence-electron chi connectivity index (χ4n) is 4.16. The molecule has 0 atom stereocenters. The number of anilines is 1. The summed E-state index contributed by atoms with van der Waals surface area (Å²) in [4.78, 5) is 28.8. The normalized spacial score (nSPS) is 18.1. The second-order valence-electron chi connectivity index (χ2n) is 7.91.